The van der Waals surface area contributed by atoms with Crippen molar-refractivity contribution >= 4 is 5.91 Å². The Balaban J connectivity index is 2.57. The van der Waals surface area contributed by atoms with Gasteiger partial charge in [0, 0.05) is 6.04 Å². The van der Waals surface area contributed by atoms with E-state index < -0.39 is 0 Å². The Morgan fingerprint density at radius 2 is 2.00 bits per heavy atom. The van der Waals surface area contributed by atoms with Gasteiger partial charge in [-0.2, -0.15) is 0 Å². The average Bonchev–Trinajstić information content (AvgIpc) is 2.26. The van der Waals surface area contributed by atoms with Crippen molar-refractivity contribution in [2.45, 2.75) is 26.3 Å². The Labute approximate surface area is 90.7 Å². The van der Waals surface area contributed by atoms with Crippen LogP contribution in [0, 0.1) is 0 Å². The van der Waals surface area contributed by atoms with Crippen LogP contribution in [0.2, 0.25) is 0 Å². The molecule has 0 heterocycles. The number of rotatable bonds is 5. The maximum absolute atomic E-state index is 10.6. The van der Waals surface area contributed by atoms with Crippen LogP contribution < -0.4 is 11.1 Å². The topological polar surface area (TPSA) is 55.1 Å². The Kier molecular flexibility index (Phi) is 4.31. The highest BCUT2D eigenvalue weighted by Crippen LogP contribution is 2.13. The quantitative estimate of drug-likeness (QED) is 0.764. The van der Waals surface area contributed by atoms with E-state index in [-0.39, 0.29) is 18.5 Å². The van der Waals surface area contributed by atoms with Crippen LogP contribution in [0.15, 0.2) is 24.3 Å². The predicted molar refractivity (Wildman–Crippen MR) is 61.4 cm³/mol. The molecule has 0 fully saturated rings. The van der Waals surface area contributed by atoms with Crippen molar-refractivity contribution in [3.05, 3.63) is 35.4 Å². The van der Waals surface area contributed by atoms with Crippen LogP contribution in [0.5, 0.6) is 0 Å². The van der Waals surface area contributed by atoms with Gasteiger partial charge in [0.05, 0.1) is 6.54 Å². The van der Waals surface area contributed by atoms with Crippen LogP contribution in [0.25, 0.3) is 0 Å². The predicted octanol–water partition coefficient (Wildman–Crippen LogP) is 1.38. The van der Waals surface area contributed by atoms with Gasteiger partial charge in [0.25, 0.3) is 0 Å². The Hall–Kier alpha value is -1.35. The number of amides is 1. The zero-order valence-electron chi connectivity index (χ0n) is 9.29. The summed E-state index contributed by atoms with van der Waals surface area (Å²) in [4.78, 5) is 10.6. The lowest BCUT2D eigenvalue weighted by molar-refractivity contribution is -0.117. The number of nitrogens with one attached hydrogen (secondary N) is 1. The molecule has 0 aliphatic rings. The fourth-order valence-electron chi connectivity index (χ4n) is 1.41. The lowest BCUT2D eigenvalue weighted by atomic mass is 10.1. The molecule has 0 saturated carbocycles. The highest BCUT2D eigenvalue weighted by Gasteiger charge is 2.05. The first-order valence-corrected chi connectivity index (χ1v) is 5.24. The fraction of sp³-hybridized carbons (Fsp3) is 0.417. The van der Waals surface area contributed by atoms with Gasteiger partial charge in [0.15, 0.2) is 0 Å². The van der Waals surface area contributed by atoms with Crippen LogP contribution in [0.3, 0.4) is 0 Å². The highest BCUT2D eigenvalue weighted by molar-refractivity contribution is 5.75. The number of aryl methyl sites for hydroxylation is 1. The molecule has 0 spiro atoms. The Morgan fingerprint density at radius 1 is 1.40 bits per heavy atom. The molecule has 1 aromatic rings. The monoisotopic (exact) mass is 206 g/mol. The molecule has 0 aromatic heterocycles. The molecule has 3 N–H and O–H groups in total. The van der Waals surface area contributed by atoms with Crippen molar-refractivity contribution in [3.8, 4) is 0 Å². The molecule has 15 heavy (non-hydrogen) atoms. The van der Waals surface area contributed by atoms with Crippen LogP contribution in [-0.4, -0.2) is 12.5 Å². The maximum Gasteiger partial charge on any atom is 0.231 e. The summed E-state index contributed by atoms with van der Waals surface area (Å²) < 4.78 is 0. The summed E-state index contributed by atoms with van der Waals surface area (Å²) in [5.74, 6) is -0.327. The van der Waals surface area contributed by atoms with Gasteiger partial charge in [0.1, 0.15) is 0 Å². The largest absolute Gasteiger partial charge is 0.369 e. The van der Waals surface area contributed by atoms with Gasteiger partial charge < -0.3 is 11.1 Å². The molecule has 1 atom stereocenters. The van der Waals surface area contributed by atoms with E-state index >= 15 is 0 Å². The van der Waals surface area contributed by atoms with Crippen LogP contribution >= 0.6 is 0 Å². The molecule has 0 bridgehead atoms. The molecule has 0 saturated heterocycles. The van der Waals surface area contributed by atoms with Crippen LogP contribution in [0.4, 0.5) is 0 Å². The number of hydrogen-bond acceptors (Lipinski definition) is 2. The molecule has 0 radical (unpaired) electrons. The third kappa shape index (κ3) is 3.72. The molecule has 1 aromatic carbocycles. The van der Waals surface area contributed by atoms with E-state index in [2.05, 4.69) is 36.5 Å². The lowest BCUT2D eigenvalue weighted by Gasteiger charge is -2.13. The average molecular weight is 206 g/mol. The van der Waals surface area contributed by atoms with Gasteiger partial charge in [-0.1, -0.05) is 31.2 Å². The second-order valence-electron chi connectivity index (χ2n) is 3.66. The molecule has 0 aliphatic heterocycles. The van der Waals surface area contributed by atoms with Crippen molar-refractivity contribution in [1.82, 2.24) is 5.32 Å². The number of primary amides is 1. The second kappa shape index (κ2) is 5.51. The first-order valence-electron chi connectivity index (χ1n) is 5.24. The first kappa shape index (κ1) is 11.7. The lowest BCUT2D eigenvalue weighted by Crippen LogP contribution is -2.30. The third-order valence-corrected chi connectivity index (χ3v) is 2.47. The zero-order chi connectivity index (χ0) is 11.3. The molecule has 3 heteroatoms. The summed E-state index contributed by atoms with van der Waals surface area (Å²) in [6.07, 6.45) is 1.05. The summed E-state index contributed by atoms with van der Waals surface area (Å²) >= 11 is 0. The third-order valence-electron chi connectivity index (χ3n) is 2.47. The van der Waals surface area contributed by atoms with E-state index in [0.29, 0.717) is 0 Å². The number of carbonyl (C=O) groups excluding carboxylic acids is 1. The number of nitrogens with two attached hydrogens (primary N) is 1. The smallest absolute Gasteiger partial charge is 0.231 e. The second-order valence-corrected chi connectivity index (χ2v) is 3.66. The molecule has 1 unspecified atom stereocenters. The maximum atomic E-state index is 10.6. The van der Waals surface area contributed by atoms with Crippen molar-refractivity contribution in [3.63, 3.8) is 0 Å². The Morgan fingerprint density at radius 3 is 2.47 bits per heavy atom. The van der Waals surface area contributed by atoms with Gasteiger partial charge in [-0.15, -0.1) is 0 Å². The normalized spacial score (nSPS) is 12.4. The number of hydrogen-bond donors (Lipinski definition) is 2. The molecular weight excluding hydrogens is 188 g/mol. The van der Waals surface area contributed by atoms with Gasteiger partial charge in [-0.25, -0.2) is 0 Å². The van der Waals surface area contributed by atoms with Crippen molar-refractivity contribution in [1.29, 1.82) is 0 Å². The van der Waals surface area contributed by atoms with Gasteiger partial charge in [-0.3, -0.25) is 4.79 Å². The van der Waals surface area contributed by atoms with Gasteiger partial charge in [0.2, 0.25) is 5.91 Å². The van der Waals surface area contributed by atoms with Crippen molar-refractivity contribution < 1.29 is 4.79 Å². The molecule has 0 aliphatic carbocycles. The summed E-state index contributed by atoms with van der Waals surface area (Å²) in [7, 11) is 0. The van der Waals surface area contributed by atoms with Crippen molar-refractivity contribution in [2.24, 2.45) is 5.73 Å². The zero-order valence-corrected chi connectivity index (χ0v) is 9.29. The highest BCUT2D eigenvalue weighted by atomic mass is 16.1. The van der Waals surface area contributed by atoms with E-state index in [1.165, 1.54) is 11.1 Å². The molecule has 82 valence electrons. The Bertz CT molecular complexity index is 319. The van der Waals surface area contributed by atoms with Gasteiger partial charge in [-0.05, 0) is 24.5 Å². The van der Waals surface area contributed by atoms with Crippen LogP contribution in [-0.2, 0) is 11.2 Å². The van der Waals surface area contributed by atoms with E-state index in [1.54, 1.807) is 0 Å². The first-order chi connectivity index (χ1) is 7.13. The standard InChI is InChI=1S/C12H18N2O/c1-3-10-4-6-11(7-5-10)9(2)14-8-12(13)15/h4-7,9,14H,3,8H2,1-2H3,(H2,13,15). The summed E-state index contributed by atoms with van der Waals surface area (Å²) in [6, 6.07) is 8.54. The molecule has 1 rings (SSSR count). The molecule has 1 amide bonds. The van der Waals surface area contributed by atoms with Gasteiger partial charge >= 0.3 is 0 Å². The van der Waals surface area contributed by atoms with Crippen molar-refractivity contribution in [2.75, 3.05) is 6.54 Å². The molecule has 3 nitrogen and oxygen atoms in total. The minimum absolute atomic E-state index is 0.156. The summed E-state index contributed by atoms with van der Waals surface area (Å²) in [6.45, 7) is 4.37. The summed E-state index contributed by atoms with van der Waals surface area (Å²) in [5.41, 5.74) is 7.56. The van der Waals surface area contributed by atoms with E-state index in [1.807, 2.05) is 6.92 Å². The fourth-order valence-corrected chi connectivity index (χ4v) is 1.41. The molecular formula is C12H18N2O. The number of carbonyl (C=O) groups is 1. The van der Waals surface area contributed by atoms with E-state index in [9.17, 15) is 4.79 Å². The number of benzene rings is 1. The minimum Gasteiger partial charge on any atom is -0.369 e. The van der Waals surface area contributed by atoms with E-state index in [0.717, 1.165) is 6.42 Å². The minimum atomic E-state index is -0.327. The SMILES string of the molecule is CCc1ccc(C(C)NCC(N)=O)cc1. The summed E-state index contributed by atoms with van der Waals surface area (Å²) in [5, 5.41) is 3.06. The van der Waals surface area contributed by atoms with E-state index in [4.69, 9.17) is 5.73 Å². The van der Waals surface area contributed by atoms with Crippen LogP contribution in [0.1, 0.15) is 31.0 Å².